The second kappa shape index (κ2) is 6.91. The molecule has 0 bridgehead atoms. The van der Waals surface area contributed by atoms with Crippen molar-refractivity contribution in [2.75, 3.05) is 19.0 Å². The van der Waals surface area contributed by atoms with E-state index in [1.54, 1.807) is 26.8 Å². The summed E-state index contributed by atoms with van der Waals surface area (Å²) in [6.07, 6.45) is -1.23. The van der Waals surface area contributed by atoms with Crippen molar-refractivity contribution in [2.24, 2.45) is 5.73 Å². The van der Waals surface area contributed by atoms with Gasteiger partial charge in [0, 0.05) is 17.7 Å². The van der Waals surface area contributed by atoms with Crippen LogP contribution >= 0.6 is 0 Å². The number of carbonyl (C=O) groups excluding carboxylic acids is 1. The second-order valence-electron chi connectivity index (χ2n) is 5.89. The number of methoxy groups -OCH3 is 1. The minimum absolute atomic E-state index is 0.256. The molecule has 3 N–H and O–H groups in total. The van der Waals surface area contributed by atoms with E-state index in [2.05, 4.69) is 5.32 Å². The maximum atomic E-state index is 13.5. The number of carbonyl (C=O) groups is 1. The van der Waals surface area contributed by atoms with E-state index in [4.69, 9.17) is 15.2 Å². The molecule has 1 aromatic carbocycles. The third-order valence-electron chi connectivity index (χ3n) is 2.67. The van der Waals surface area contributed by atoms with Gasteiger partial charge in [0.05, 0.1) is 13.7 Å². The molecule has 0 fully saturated rings. The van der Waals surface area contributed by atoms with Gasteiger partial charge in [0.25, 0.3) is 5.92 Å². The third kappa shape index (κ3) is 5.85. The first-order valence-electron chi connectivity index (χ1n) is 6.81. The summed E-state index contributed by atoms with van der Waals surface area (Å²) in [4.78, 5) is 11.7. The predicted molar refractivity (Wildman–Crippen MR) is 80.6 cm³/mol. The highest BCUT2D eigenvalue weighted by Crippen LogP contribution is 2.28. The Morgan fingerprint density at radius 2 is 1.95 bits per heavy atom. The van der Waals surface area contributed by atoms with Crippen molar-refractivity contribution in [1.29, 1.82) is 0 Å². The largest absolute Gasteiger partial charge is 0.496 e. The van der Waals surface area contributed by atoms with E-state index in [-0.39, 0.29) is 5.56 Å². The Bertz CT molecular complexity index is 528. The number of amides is 1. The molecule has 0 heterocycles. The Morgan fingerprint density at radius 3 is 2.45 bits per heavy atom. The molecule has 0 unspecified atom stereocenters. The van der Waals surface area contributed by atoms with Crippen LogP contribution in [0.1, 0.15) is 26.3 Å². The van der Waals surface area contributed by atoms with Crippen LogP contribution in [0.15, 0.2) is 18.2 Å². The van der Waals surface area contributed by atoms with Crippen molar-refractivity contribution in [3.63, 3.8) is 0 Å². The monoisotopic (exact) mass is 316 g/mol. The van der Waals surface area contributed by atoms with E-state index < -0.39 is 30.6 Å². The molecule has 1 amide bonds. The van der Waals surface area contributed by atoms with Crippen molar-refractivity contribution in [3.8, 4) is 5.75 Å². The zero-order chi connectivity index (χ0) is 17.0. The molecule has 0 aliphatic rings. The molecule has 0 aliphatic heterocycles. The molecule has 0 aliphatic carbocycles. The van der Waals surface area contributed by atoms with Gasteiger partial charge in [-0.05, 0) is 39.0 Å². The second-order valence-corrected chi connectivity index (χ2v) is 5.89. The van der Waals surface area contributed by atoms with Crippen LogP contribution in [0.2, 0.25) is 0 Å². The average molecular weight is 316 g/mol. The minimum Gasteiger partial charge on any atom is -0.496 e. The summed E-state index contributed by atoms with van der Waals surface area (Å²) < 4.78 is 37.1. The lowest BCUT2D eigenvalue weighted by Gasteiger charge is -2.20. The van der Waals surface area contributed by atoms with Crippen molar-refractivity contribution in [2.45, 2.75) is 38.7 Å². The van der Waals surface area contributed by atoms with Crippen molar-refractivity contribution < 1.29 is 23.0 Å². The molecule has 22 heavy (non-hydrogen) atoms. The fourth-order valence-electron chi connectivity index (χ4n) is 1.77. The number of anilines is 1. The first kappa shape index (κ1) is 18.2. The normalized spacial score (nSPS) is 12.0. The van der Waals surface area contributed by atoms with Crippen molar-refractivity contribution in [1.82, 2.24) is 0 Å². The Hall–Kier alpha value is -1.89. The van der Waals surface area contributed by atoms with E-state index in [1.165, 1.54) is 19.2 Å². The fourth-order valence-corrected chi connectivity index (χ4v) is 1.77. The maximum absolute atomic E-state index is 13.5. The Kier molecular flexibility index (Phi) is 5.71. The van der Waals surface area contributed by atoms with Gasteiger partial charge in [-0.2, -0.15) is 0 Å². The van der Waals surface area contributed by atoms with Crippen LogP contribution in [0.5, 0.6) is 5.75 Å². The summed E-state index contributed by atoms with van der Waals surface area (Å²) >= 11 is 0. The number of alkyl halides is 2. The van der Waals surface area contributed by atoms with Gasteiger partial charge >= 0.3 is 6.09 Å². The number of halogens is 2. The first-order valence-corrected chi connectivity index (χ1v) is 6.81. The lowest BCUT2D eigenvalue weighted by atomic mass is 10.1. The highest BCUT2D eigenvalue weighted by Gasteiger charge is 2.29. The summed E-state index contributed by atoms with van der Waals surface area (Å²) in [6.45, 7) is 4.43. The Morgan fingerprint density at radius 1 is 1.32 bits per heavy atom. The van der Waals surface area contributed by atoms with Crippen molar-refractivity contribution >= 4 is 11.8 Å². The summed E-state index contributed by atoms with van der Waals surface area (Å²) in [7, 11) is 1.39. The molecule has 0 saturated heterocycles. The standard InChI is InChI=1S/C15H22F2N2O3/c1-14(2,3)22-13(20)19-11-5-6-12(21-4)10(7-11)8-15(16,17)9-18/h5-7H,8-9,18H2,1-4H3,(H,19,20). The zero-order valence-corrected chi connectivity index (χ0v) is 13.2. The summed E-state index contributed by atoms with van der Waals surface area (Å²) in [5.74, 6) is -2.74. The molecule has 1 aromatic rings. The molecule has 124 valence electrons. The molecule has 0 radical (unpaired) electrons. The number of hydrogen-bond acceptors (Lipinski definition) is 4. The summed E-state index contributed by atoms with van der Waals surface area (Å²) in [5.41, 5.74) is 5.01. The highest BCUT2D eigenvalue weighted by atomic mass is 19.3. The topological polar surface area (TPSA) is 73.6 Å². The molecule has 0 saturated carbocycles. The van der Waals surface area contributed by atoms with Gasteiger partial charge in [-0.25, -0.2) is 13.6 Å². The van der Waals surface area contributed by atoms with Gasteiger partial charge in [-0.15, -0.1) is 0 Å². The summed E-state index contributed by atoms with van der Waals surface area (Å²) in [5, 5.41) is 2.50. The van der Waals surface area contributed by atoms with E-state index >= 15 is 0 Å². The number of nitrogens with one attached hydrogen (secondary N) is 1. The zero-order valence-electron chi connectivity index (χ0n) is 13.2. The van der Waals surface area contributed by atoms with Gasteiger partial charge in [-0.3, -0.25) is 5.32 Å². The van der Waals surface area contributed by atoms with E-state index in [0.717, 1.165) is 0 Å². The lowest BCUT2D eigenvalue weighted by Crippen LogP contribution is -2.30. The van der Waals surface area contributed by atoms with Crippen LogP contribution in [0.25, 0.3) is 0 Å². The molecule has 7 heteroatoms. The van der Waals surface area contributed by atoms with Gasteiger partial charge in [0.1, 0.15) is 11.4 Å². The fraction of sp³-hybridized carbons (Fsp3) is 0.533. The van der Waals surface area contributed by atoms with Gasteiger partial charge in [0.2, 0.25) is 0 Å². The number of nitrogens with two attached hydrogens (primary N) is 1. The maximum Gasteiger partial charge on any atom is 0.412 e. The smallest absolute Gasteiger partial charge is 0.412 e. The van der Waals surface area contributed by atoms with Crippen LogP contribution in [0, 0.1) is 0 Å². The highest BCUT2D eigenvalue weighted by molar-refractivity contribution is 5.85. The number of rotatable bonds is 5. The van der Waals surface area contributed by atoms with Crippen molar-refractivity contribution in [3.05, 3.63) is 23.8 Å². The number of hydrogen-bond donors (Lipinski definition) is 2. The van der Waals surface area contributed by atoms with E-state index in [9.17, 15) is 13.6 Å². The lowest BCUT2D eigenvalue weighted by molar-refractivity contribution is 0.0110. The molecule has 0 atom stereocenters. The van der Waals surface area contributed by atoms with E-state index in [1.807, 2.05) is 0 Å². The van der Waals surface area contributed by atoms with Gasteiger partial charge < -0.3 is 15.2 Å². The molecule has 5 nitrogen and oxygen atoms in total. The molecule has 0 aromatic heterocycles. The minimum atomic E-state index is -3.04. The third-order valence-corrected chi connectivity index (χ3v) is 2.67. The Labute approximate surface area is 128 Å². The molecular formula is C15H22F2N2O3. The number of ether oxygens (including phenoxy) is 2. The van der Waals surface area contributed by atoms with Crippen LogP contribution < -0.4 is 15.8 Å². The first-order chi connectivity index (χ1) is 10.1. The van der Waals surface area contributed by atoms with Crippen LogP contribution in [-0.2, 0) is 11.2 Å². The quantitative estimate of drug-likeness (QED) is 0.875. The van der Waals surface area contributed by atoms with Crippen LogP contribution in [0.3, 0.4) is 0 Å². The predicted octanol–water partition coefficient (Wildman–Crippen LogP) is 3.18. The molecule has 0 spiro atoms. The van der Waals surface area contributed by atoms with Crippen LogP contribution in [-0.4, -0.2) is 31.3 Å². The van der Waals surface area contributed by atoms with E-state index in [0.29, 0.717) is 11.4 Å². The number of benzene rings is 1. The van der Waals surface area contributed by atoms with Gasteiger partial charge in [0.15, 0.2) is 0 Å². The molecule has 1 rings (SSSR count). The molecular weight excluding hydrogens is 294 g/mol. The summed E-state index contributed by atoms with van der Waals surface area (Å²) in [6, 6.07) is 4.48. The SMILES string of the molecule is COc1ccc(NC(=O)OC(C)(C)C)cc1CC(F)(F)CN. The Balaban J connectivity index is 2.93. The van der Waals surface area contributed by atoms with Crippen LogP contribution in [0.4, 0.5) is 19.3 Å². The van der Waals surface area contributed by atoms with Gasteiger partial charge in [-0.1, -0.05) is 0 Å². The average Bonchev–Trinajstić information content (AvgIpc) is 2.36.